The zero-order valence-electron chi connectivity index (χ0n) is 14.4. The normalized spacial score (nSPS) is 27.8. The van der Waals surface area contributed by atoms with Crippen molar-refractivity contribution in [3.63, 3.8) is 0 Å². The van der Waals surface area contributed by atoms with E-state index >= 15 is 0 Å². The third-order valence-corrected chi connectivity index (χ3v) is 4.74. The predicted molar refractivity (Wildman–Crippen MR) is 87.9 cm³/mol. The van der Waals surface area contributed by atoms with Crippen molar-refractivity contribution in [1.29, 1.82) is 0 Å². The molecule has 20 heavy (non-hydrogen) atoms. The van der Waals surface area contributed by atoms with Crippen LogP contribution in [0.2, 0.25) is 0 Å². The van der Waals surface area contributed by atoms with Crippen molar-refractivity contribution in [2.24, 2.45) is 23.7 Å². The fraction of sp³-hybridized carbons (Fsp3) is 1.00. The van der Waals surface area contributed by atoms with E-state index in [9.17, 15) is 5.11 Å². The minimum Gasteiger partial charge on any atom is -0.393 e. The van der Waals surface area contributed by atoms with Crippen molar-refractivity contribution in [2.75, 3.05) is 19.6 Å². The van der Waals surface area contributed by atoms with Gasteiger partial charge in [0.15, 0.2) is 0 Å². The standard InChI is InChI=1S/C18H37NO/c1-14(2)8-10-19(11-9-15(3)4)13-17-12-16(5)6-7-18(17)20/h14-18,20H,6-13H2,1-5H3. The van der Waals surface area contributed by atoms with Crippen molar-refractivity contribution in [3.05, 3.63) is 0 Å². The molecule has 1 saturated carbocycles. The molecule has 1 aliphatic carbocycles. The van der Waals surface area contributed by atoms with Crippen LogP contribution < -0.4 is 0 Å². The monoisotopic (exact) mass is 283 g/mol. The first-order valence-electron chi connectivity index (χ1n) is 8.78. The summed E-state index contributed by atoms with van der Waals surface area (Å²) >= 11 is 0. The van der Waals surface area contributed by atoms with Crippen molar-refractivity contribution >= 4 is 0 Å². The van der Waals surface area contributed by atoms with Crippen molar-refractivity contribution in [3.8, 4) is 0 Å². The first-order valence-corrected chi connectivity index (χ1v) is 8.78. The van der Waals surface area contributed by atoms with Gasteiger partial charge >= 0.3 is 0 Å². The Morgan fingerprint density at radius 1 is 1.00 bits per heavy atom. The van der Waals surface area contributed by atoms with Crippen molar-refractivity contribution < 1.29 is 5.11 Å². The van der Waals surface area contributed by atoms with Crippen molar-refractivity contribution in [2.45, 2.75) is 72.8 Å². The van der Waals surface area contributed by atoms with E-state index in [-0.39, 0.29) is 6.10 Å². The lowest BCUT2D eigenvalue weighted by atomic mass is 9.80. The second-order valence-corrected chi connectivity index (χ2v) is 7.91. The highest BCUT2D eigenvalue weighted by Crippen LogP contribution is 2.29. The average molecular weight is 283 g/mol. The fourth-order valence-corrected chi connectivity index (χ4v) is 3.19. The first-order chi connectivity index (χ1) is 9.38. The van der Waals surface area contributed by atoms with Gasteiger partial charge in [0, 0.05) is 6.54 Å². The van der Waals surface area contributed by atoms with E-state index in [0.29, 0.717) is 5.92 Å². The Labute approximate surface area is 126 Å². The lowest BCUT2D eigenvalue weighted by Crippen LogP contribution is -2.40. The van der Waals surface area contributed by atoms with Gasteiger partial charge in [0.1, 0.15) is 0 Å². The van der Waals surface area contributed by atoms with E-state index in [1.54, 1.807) is 0 Å². The molecule has 0 spiro atoms. The molecule has 2 nitrogen and oxygen atoms in total. The molecule has 120 valence electrons. The highest BCUT2D eigenvalue weighted by atomic mass is 16.3. The molecule has 1 N–H and O–H groups in total. The summed E-state index contributed by atoms with van der Waals surface area (Å²) in [4.78, 5) is 2.62. The molecule has 0 aromatic carbocycles. The van der Waals surface area contributed by atoms with Crippen LogP contribution in [0.1, 0.15) is 66.7 Å². The van der Waals surface area contributed by atoms with E-state index in [2.05, 4.69) is 39.5 Å². The van der Waals surface area contributed by atoms with Crippen molar-refractivity contribution in [1.82, 2.24) is 4.90 Å². The number of rotatable bonds is 8. The van der Waals surface area contributed by atoms with Crippen LogP contribution in [0.15, 0.2) is 0 Å². The summed E-state index contributed by atoms with van der Waals surface area (Å²) in [6.45, 7) is 15.0. The lowest BCUT2D eigenvalue weighted by molar-refractivity contribution is 0.0289. The van der Waals surface area contributed by atoms with Crippen LogP contribution in [-0.2, 0) is 0 Å². The number of aliphatic hydroxyl groups excluding tert-OH is 1. The molecule has 2 heteroatoms. The smallest absolute Gasteiger partial charge is 0.0580 e. The Kier molecular flexibility index (Phi) is 8.13. The molecule has 0 aliphatic heterocycles. The highest BCUT2D eigenvalue weighted by Gasteiger charge is 2.28. The molecular weight excluding hydrogens is 246 g/mol. The molecule has 0 heterocycles. The summed E-state index contributed by atoms with van der Waals surface area (Å²) in [5, 5.41) is 10.3. The van der Waals surface area contributed by atoms with Gasteiger partial charge in [0.05, 0.1) is 6.10 Å². The summed E-state index contributed by atoms with van der Waals surface area (Å²) in [5.41, 5.74) is 0. The molecule has 1 aliphatic rings. The van der Waals surface area contributed by atoms with Gasteiger partial charge < -0.3 is 10.0 Å². The summed E-state index contributed by atoms with van der Waals surface area (Å²) in [5.74, 6) is 2.83. The minimum atomic E-state index is -0.0631. The Morgan fingerprint density at radius 2 is 1.55 bits per heavy atom. The number of hydrogen-bond acceptors (Lipinski definition) is 2. The summed E-state index contributed by atoms with van der Waals surface area (Å²) in [6, 6.07) is 0. The van der Waals surface area contributed by atoms with Gasteiger partial charge in [-0.3, -0.25) is 0 Å². The fourth-order valence-electron chi connectivity index (χ4n) is 3.19. The molecule has 0 saturated heterocycles. The van der Waals surface area contributed by atoms with Crippen LogP contribution in [0.3, 0.4) is 0 Å². The Bertz CT molecular complexity index is 240. The topological polar surface area (TPSA) is 23.5 Å². The molecule has 3 unspecified atom stereocenters. The SMILES string of the molecule is CC(C)CCN(CCC(C)C)CC1CC(C)CCC1O. The average Bonchev–Trinajstić information content (AvgIpc) is 2.36. The van der Waals surface area contributed by atoms with E-state index in [0.717, 1.165) is 30.7 Å². The lowest BCUT2D eigenvalue weighted by Gasteiger charge is -2.36. The van der Waals surface area contributed by atoms with Gasteiger partial charge in [-0.2, -0.15) is 0 Å². The first kappa shape index (κ1) is 18.0. The van der Waals surface area contributed by atoms with Gasteiger partial charge in [0.2, 0.25) is 0 Å². The third kappa shape index (κ3) is 7.08. The largest absolute Gasteiger partial charge is 0.393 e. The van der Waals surface area contributed by atoms with Crippen LogP contribution in [0.25, 0.3) is 0 Å². The highest BCUT2D eigenvalue weighted by molar-refractivity contribution is 4.80. The maximum absolute atomic E-state index is 10.3. The second-order valence-electron chi connectivity index (χ2n) is 7.91. The molecule has 0 aromatic heterocycles. The zero-order valence-corrected chi connectivity index (χ0v) is 14.4. The number of aliphatic hydroxyl groups is 1. The Balaban J connectivity index is 2.48. The molecule has 0 radical (unpaired) electrons. The van der Waals surface area contributed by atoms with Crippen LogP contribution >= 0.6 is 0 Å². The van der Waals surface area contributed by atoms with Gasteiger partial charge in [0.25, 0.3) is 0 Å². The van der Waals surface area contributed by atoms with E-state index in [1.807, 2.05) is 0 Å². The maximum atomic E-state index is 10.3. The summed E-state index contributed by atoms with van der Waals surface area (Å²) in [7, 11) is 0. The third-order valence-electron chi connectivity index (χ3n) is 4.74. The van der Waals surface area contributed by atoms with Gasteiger partial charge in [-0.05, 0) is 68.9 Å². The van der Waals surface area contributed by atoms with Crippen LogP contribution in [0.5, 0.6) is 0 Å². The molecule has 0 bridgehead atoms. The van der Waals surface area contributed by atoms with Gasteiger partial charge in [-0.1, -0.05) is 34.6 Å². The summed E-state index contributed by atoms with van der Waals surface area (Å²) in [6.07, 6.45) is 5.91. The van der Waals surface area contributed by atoms with Crippen LogP contribution in [-0.4, -0.2) is 35.7 Å². The number of hydrogen-bond donors (Lipinski definition) is 1. The molecule has 1 fully saturated rings. The molecular formula is C18H37NO. The van der Waals surface area contributed by atoms with E-state index < -0.39 is 0 Å². The molecule has 1 rings (SSSR count). The Hall–Kier alpha value is -0.0800. The molecule has 0 aromatic rings. The molecule has 0 amide bonds. The second kappa shape index (κ2) is 9.04. The quantitative estimate of drug-likeness (QED) is 0.722. The molecule has 3 atom stereocenters. The van der Waals surface area contributed by atoms with Crippen LogP contribution in [0.4, 0.5) is 0 Å². The van der Waals surface area contributed by atoms with Gasteiger partial charge in [-0.25, -0.2) is 0 Å². The van der Waals surface area contributed by atoms with E-state index in [4.69, 9.17) is 0 Å². The predicted octanol–water partition coefficient (Wildman–Crippen LogP) is 4.18. The minimum absolute atomic E-state index is 0.0631. The Morgan fingerprint density at radius 3 is 2.05 bits per heavy atom. The van der Waals surface area contributed by atoms with Crippen LogP contribution in [0, 0.1) is 23.7 Å². The van der Waals surface area contributed by atoms with E-state index in [1.165, 1.54) is 38.8 Å². The zero-order chi connectivity index (χ0) is 15.1. The summed E-state index contributed by atoms with van der Waals surface area (Å²) < 4.78 is 0. The number of nitrogens with zero attached hydrogens (tertiary/aromatic N) is 1. The van der Waals surface area contributed by atoms with Gasteiger partial charge in [-0.15, -0.1) is 0 Å². The maximum Gasteiger partial charge on any atom is 0.0580 e.